The summed E-state index contributed by atoms with van der Waals surface area (Å²) in [6.07, 6.45) is 11.9. The van der Waals surface area contributed by atoms with Gasteiger partial charge in [-0.1, -0.05) is 25.1 Å². The number of fused-ring (bicyclic) bond motifs is 5. The summed E-state index contributed by atoms with van der Waals surface area (Å²) >= 11 is 0. The number of allylic oxidation sites excluding steroid dienone is 2. The van der Waals surface area contributed by atoms with Gasteiger partial charge in [-0.3, -0.25) is 4.79 Å². The van der Waals surface area contributed by atoms with E-state index in [4.69, 9.17) is 4.74 Å². The predicted octanol–water partition coefficient (Wildman–Crippen LogP) is 5.35. The van der Waals surface area contributed by atoms with Crippen LogP contribution in [0.5, 0.6) is 0 Å². The van der Waals surface area contributed by atoms with E-state index in [9.17, 15) is 10.0 Å². The molecule has 4 nitrogen and oxygen atoms in total. The van der Waals surface area contributed by atoms with Crippen molar-refractivity contribution in [1.29, 1.82) is 0 Å². The highest BCUT2D eigenvalue weighted by atomic mass is 16.5. The highest BCUT2D eigenvalue weighted by Crippen LogP contribution is 2.66. The fourth-order valence-electron chi connectivity index (χ4n) is 7.74. The Kier molecular flexibility index (Phi) is 4.67. The Morgan fingerprint density at radius 3 is 2.63 bits per heavy atom. The van der Waals surface area contributed by atoms with Crippen LogP contribution in [0.15, 0.2) is 16.8 Å². The van der Waals surface area contributed by atoms with Gasteiger partial charge in [-0.2, -0.15) is 0 Å². The van der Waals surface area contributed by atoms with Gasteiger partial charge >= 0.3 is 5.97 Å². The molecule has 4 heteroatoms. The van der Waals surface area contributed by atoms with Gasteiger partial charge in [0.05, 0.1) is 5.71 Å². The Balaban J connectivity index is 1.54. The zero-order valence-electron chi connectivity index (χ0n) is 17.3. The number of carbonyl (C=O) groups is 1. The van der Waals surface area contributed by atoms with Crippen molar-refractivity contribution in [1.82, 2.24) is 0 Å². The Bertz CT molecular complexity index is 683. The third kappa shape index (κ3) is 2.86. The lowest BCUT2D eigenvalue weighted by molar-refractivity contribution is -0.158. The monoisotopic (exact) mass is 373 g/mol. The van der Waals surface area contributed by atoms with Gasteiger partial charge in [0, 0.05) is 6.92 Å². The maximum Gasteiger partial charge on any atom is 0.302 e. The quantitative estimate of drug-likeness (QED) is 0.307. The van der Waals surface area contributed by atoms with E-state index in [2.05, 4.69) is 25.1 Å². The molecule has 0 unspecified atom stereocenters. The van der Waals surface area contributed by atoms with Crippen LogP contribution in [0.1, 0.15) is 79.1 Å². The summed E-state index contributed by atoms with van der Waals surface area (Å²) in [6, 6.07) is 0. The van der Waals surface area contributed by atoms with Gasteiger partial charge in [0.2, 0.25) is 0 Å². The molecule has 7 atom stereocenters. The van der Waals surface area contributed by atoms with Crippen LogP contribution in [0.2, 0.25) is 0 Å². The van der Waals surface area contributed by atoms with Gasteiger partial charge in [-0.15, -0.1) is 0 Å². The second-order valence-electron chi connectivity index (χ2n) is 10.2. The molecule has 0 aromatic heterocycles. The van der Waals surface area contributed by atoms with Gasteiger partial charge in [0.25, 0.3) is 0 Å². The van der Waals surface area contributed by atoms with Crippen LogP contribution in [-0.4, -0.2) is 23.0 Å². The standard InChI is InChI=1S/C23H35NO3/c1-14(24-26)19-7-8-20-18-6-5-16-13-17(27-15(2)25)9-11-22(16,3)21(18)10-12-23(19,20)4/h7,16-18,20-21,26H,5-6,8-13H2,1-4H3/b24-14-/t16-,17-,18-,20-,21-,22-,23+/m0/s1. The SMILES string of the molecule is CC(=O)O[C@H]1CC[C@@]2(C)[C@@H](CC[C@@H]3[C@@H]2CC[C@]2(C)C(/C(C)=N\O)=CC[C@@H]32)C1. The van der Waals surface area contributed by atoms with Crippen LogP contribution in [0.4, 0.5) is 0 Å². The Morgan fingerprint density at radius 2 is 1.93 bits per heavy atom. The minimum Gasteiger partial charge on any atom is -0.463 e. The zero-order chi connectivity index (χ0) is 19.4. The van der Waals surface area contributed by atoms with Gasteiger partial charge in [-0.25, -0.2) is 0 Å². The van der Waals surface area contributed by atoms with Crippen molar-refractivity contribution in [2.45, 2.75) is 85.2 Å². The van der Waals surface area contributed by atoms with Crippen molar-refractivity contribution in [3.63, 3.8) is 0 Å². The summed E-state index contributed by atoms with van der Waals surface area (Å²) in [5.41, 5.74) is 2.67. The summed E-state index contributed by atoms with van der Waals surface area (Å²) < 4.78 is 5.58. The molecular weight excluding hydrogens is 338 g/mol. The first-order valence-corrected chi connectivity index (χ1v) is 10.9. The number of hydrogen-bond acceptors (Lipinski definition) is 4. The Morgan fingerprint density at radius 1 is 1.15 bits per heavy atom. The molecule has 0 heterocycles. The van der Waals surface area contributed by atoms with Crippen LogP contribution >= 0.6 is 0 Å². The minimum absolute atomic E-state index is 0.129. The van der Waals surface area contributed by atoms with Gasteiger partial charge in [0.15, 0.2) is 0 Å². The molecule has 0 aromatic carbocycles. The molecule has 0 saturated heterocycles. The molecule has 0 aliphatic heterocycles. The molecule has 0 aromatic rings. The van der Waals surface area contributed by atoms with Crippen LogP contribution in [-0.2, 0) is 9.53 Å². The van der Waals surface area contributed by atoms with Gasteiger partial charge in [0.1, 0.15) is 6.10 Å². The molecule has 0 amide bonds. The molecule has 1 N–H and O–H groups in total. The van der Waals surface area contributed by atoms with E-state index in [0.717, 1.165) is 36.8 Å². The van der Waals surface area contributed by atoms with Gasteiger partial charge in [-0.05, 0) is 98.4 Å². The first kappa shape index (κ1) is 19.0. The normalized spacial score (nSPS) is 46.7. The van der Waals surface area contributed by atoms with E-state index in [1.165, 1.54) is 44.6 Å². The van der Waals surface area contributed by atoms with Crippen LogP contribution in [0.25, 0.3) is 0 Å². The van der Waals surface area contributed by atoms with Crippen molar-refractivity contribution in [2.24, 2.45) is 39.7 Å². The average molecular weight is 374 g/mol. The van der Waals surface area contributed by atoms with Crippen molar-refractivity contribution >= 4 is 11.7 Å². The lowest BCUT2D eigenvalue weighted by atomic mass is 9.44. The average Bonchev–Trinajstić information content (AvgIpc) is 2.98. The number of rotatable bonds is 2. The second-order valence-corrected chi connectivity index (χ2v) is 10.2. The van der Waals surface area contributed by atoms with Crippen LogP contribution in [0.3, 0.4) is 0 Å². The highest BCUT2D eigenvalue weighted by Gasteiger charge is 2.59. The maximum atomic E-state index is 11.4. The fourth-order valence-corrected chi connectivity index (χ4v) is 7.74. The van der Waals surface area contributed by atoms with E-state index in [1.54, 1.807) is 0 Å². The topological polar surface area (TPSA) is 58.9 Å². The zero-order valence-corrected chi connectivity index (χ0v) is 17.3. The molecule has 3 fully saturated rings. The van der Waals surface area contributed by atoms with E-state index in [0.29, 0.717) is 17.3 Å². The van der Waals surface area contributed by atoms with Crippen LogP contribution in [0, 0.1) is 34.5 Å². The summed E-state index contributed by atoms with van der Waals surface area (Å²) in [6.45, 7) is 8.42. The van der Waals surface area contributed by atoms with Crippen LogP contribution < -0.4 is 0 Å². The third-order valence-corrected chi connectivity index (χ3v) is 9.07. The molecule has 0 spiro atoms. The van der Waals surface area contributed by atoms with E-state index in [1.807, 2.05) is 6.92 Å². The molecule has 3 saturated carbocycles. The van der Waals surface area contributed by atoms with E-state index < -0.39 is 0 Å². The van der Waals surface area contributed by atoms with Crippen molar-refractivity contribution in [2.75, 3.05) is 0 Å². The maximum absolute atomic E-state index is 11.4. The number of oxime groups is 1. The predicted molar refractivity (Wildman–Crippen MR) is 106 cm³/mol. The first-order chi connectivity index (χ1) is 12.8. The third-order valence-electron chi connectivity index (χ3n) is 9.07. The number of nitrogens with zero attached hydrogens (tertiary/aromatic N) is 1. The van der Waals surface area contributed by atoms with Crippen molar-refractivity contribution < 1.29 is 14.7 Å². The van der Waals surface area contributed by atoms with Gasteiger partial charge < -0.3 is 9.94 Å². The molecule has 4 aliphatic rings. The van der Waals surface area contributed by atoms with E-state index >= 15 is 0 Å². The summed E-state index contributed by atoms with van der Waals surface area (Å²) in [7, 11) is 0. The number of esters is 1. The van der Waals surface area contributed by atoms with E-state index in [-0.39, 0.29) is 17.5 Å². The lowest BCUT2D eigenvalue weighted by Crippen LogP contribution is -2.54. The molecule has 0 bridgehead atoms. The Labute approximate surface area is 163 Å². The summed E-state index contributed by atoms with van der Waals surface area (Å²) in [4.78, 5) is 11.4. The lowest BCUT2D eigenvalue weighted by Gasteiger charge is -2.60. The smallest absolute Gasteiger partial charge is 0.302 e. The highest BCUT2D eigenvalue weighted by molar-refractivity contribution is 5.99. The molecular formula is C23H35NO3. The number of hydrogen-bond donors (Lipinski definition) is 1. The second kappa shape index (κ2) is 6.63. The molecule has 4 rings (SSSR count). The fraction of sp³-hybridized carbons (Fsp3) is 0.826. The molecule has 4 aliphatic carbocycles. The molecule has 0 radical (unpaired) electrons. The Hall–Kier alpha value is -1.32. The number of ether oxygens (including phenoxy) is 1. The summed E-state index contributed by atoms with van der Waals surface area (Å²) in [5.74, 6) is 2.81. The number of carbonyl (C=O) groups excluding carboxylic acids is 1. The molecule has 150 valence electrons. The largest absolute Gasteiger partial charge is 0.463 e. The minimum atomic E-state index is -0.129. The van der Waals surface area contributed by atoms with Crippen molar-refractivity contribution in [3.8, 4) is 0 Å². The first-order valence-electron chi connectivity index (χ1n) is 10.9. The summed E-state index contributed by atoms with van der Waals surface area (Å²) in [5, 5.41) is 12.9. The van der Waals surface area contributed by atoms with Crippen molar-refractivity contribution in [3.05, 3.63) is 11.6 Å². The molecule has 27 heavy (non-hydrogen) atoms.